The predicted octanol–water partition coefficient (Wildman–Crippen LogP) is 1.61. The zero-order valence-electron chi connectivity index (χ0n) is 9.30. The summed E-state index contributed by atoms with van der Waals surface area (Å²) in [5, 5.41) is 0. The molecule has 1 aliphatic heterocycles. The molecule has 0 atom stereocenters. The fourth-order valence-electron chi connectivity index (χ4n) is 1.77. The number of nitrogens with zero attached hydrogens (tertiary/aromatic N) is 1. The van der Waals surface area contributed by atoms with Crippen LogP contribution in [0.25, 0.3) is 0 Å². The Bertz CT molecular complexity index is 246. The minimum atomic E-state index is 0.0943. The standard InChI is InChI=1S/C11H19NO2/c1-9(13)4-5-10(14)12-7-6-11(2,3)8-12/h4-8H2,1-3H3. The number of amides is 1. The number of hydrogen-bond donors (Lipinski definition) is 0. The fraction of sp³-hybridized carbons (Fsp3) is 0.818. The second kappa shape index (κ2) is 4.11. The van der Waals surface area contributed by atoms with E-state index in [1.165, 1.54) is 6.92 Å². The molecule has 1 heterocycles. The molecule has 80 valence electrons. The summed E-state index contributed by atoms with van der Waals surface area (Å²) in [6.07, 6.45) is 1.83. The topological polar surface area (TPSA) is 37.4 Å². The highest BCUT2D eigenvalue weighted by Gasteiger charge is 2.31. The number of carbonyl (C=O) groups excluding carboxylic acids is 2. The second-order valence-corrected chi connectivity index (χ2v) is 4.93. The van der Waals surface area contributed by atoms with Crippen LogP contribution in [0.5, 0.6) is 0 Å². The van der Waals surface area contributed by atoms with E-state index in [0.717, 1.165) is 19.5 Å². The van der Waals surface area contributed by atoms with Crippen molar-refractivity contribution in [2.24, 2.45) is 5.41 Å². The first-order valence-electron chi connectivity index (χ1n) is 5.18. The van der Waals surface area contributed by atoms with Gasteiger partial charge in [-0.15, -0.1) is 0 Å². The van der Waals surface area contributed by atoms with Gasteiger partial charge in [0.25, 0.3) is 0 Å². The average molecular weight is 197 g/mol. The number of hydrogen-bond acceptors (Lipinski definition) is 2. The van der Waals surface area contributed by atoms with Crippen LogP contribution in [0, 0.1) is 5.41 Å². The van der Waals surface area contributed by atoms with Crippen LogP contribution in [0.2, 0.25) is 0 Å². The first-order chi connectivity index (χ1) is 6.41. The summed E-state index contributed by atoms with van der Waals surface area (Å²) < 4.78 is 0. The maximum atomic E-state index is 11.6. The van der Waals surface area contributed by atoms with Gasteiger partial charge < -0.3 is 9.69 Å². The smallest absolute Gasteiger partial charge is 0.223 e. The van der Waals surface area contributed by atoms with Crippen LogP contribution in [0.3, 0.4) is 0 Å². The zero-order valence-corrected chi connectivity index (χ0v) is 9.30. The van der Waals surface area contributed by atoms with Crippen molar-refractivity contribution in [2.45, 2.75) is 40.0 Å². The molecule has 0 bridgehead atoms. The van der Waals surface area contributed by atoms with Crippen LogP contribution in [0.1, 0.15) is 40.0 Å². The Labute approximate surface area is 85.5 Å². The van der Waals surface area contributed by atoms with Gasteiger partial charge in [-0.3, -0.25) is 4.79 Å². The van der Waals surface area contributed by atoms with Crippen molar-refractivity contribution in [3.8, 4) is 0 Å². The van der Waals surface area contributed by atoms with Crippen LogP contribution >= 0.6 is 0 Å². The maximum Gasteiger partial charge on any atom is 0.223 e. The van der Waals surface area contributed by atoms with E-state index in [9.17, 15) is 9.59 Å². The van der Waals surface area contributed by atoms with Crippen molar-refractivity contribution >= 4 is 11.7 Å². The van der Waals surface area contributed by atoms with Gasteiger partial charge in [-0.2, -0.15) is 0 Å². The van der Waals surface area contributed by atoms with Crippen LogP contribution in [-0.2, 0) is 9.59 Å². The number of carbonyl (C=O) groups is 2. The summed E-state index contributed by atoms with van der Waals surface area (Å²) in [7, 11) is 0. The third-order valence-corrected chi connectivity index (χ3v) is 2.72. The normalized spacial score (nSPS) is 19.8. The molecule has 14 heavy (non-hydrogen) atoms. The average Bonchev–Trinajstić information content (AvgIpc) is 2.41. The van der Waals surface area contributed by atoms with E-state index in [1.54, 1.807) is 0 Å². The summed E-state index contributed by atoms with van der Waals surface area (Å²) in [4.78, 5) is 24.2. The van der Waals surface area contributed by atoms with E-state index in [0.29, 0.717) is 12.8 Å². The Balaban J connectivity index is 2.36. The molecule has 1 rings (SSSR count). The second-order valence-electron chi connectivity index (χ2n) is 4.93. The predicted molar refractivity (Wildman–Crippen MR) is 54.9 cm³/mol. The molecule has 3 heteroatoms. The maximum absolute atomic E-state index is 11.6. The Morgan fingerprint density at radius 3 is 2.36 bits per heavy atom. The molecule has 3 nitrogen and oxygen atoms in total. The van der Waals surface area contributed by atoms with Crippen LogP contribution in [-0.4, -0.2) is 29.7 Å². The lowest BCUT2D eigenvalue weighted by Gasteiger charge is -2.19. The van der Waals surface area contributed by atoms with Gasteiger partial charge in [-0.05, 0) is 18.8 Å². The Morgan fingerprint density at radius 1 is 1.29 bits per heavy atom. The van der Waals surface area contributed by atoms with Gasteiger partial charge in [0.1, 0.15) is 5.78 Å². The lowest BCUT2D eigenvalue weighted by molar-refractivity contribution is -0.132. The van der Waals surface area contributed by atoms with Gasteiger partial charge in [0.2, 0.25) is 5.91 Å². The van der Waals surface area contributed by atoms with Gasteiger partial charge in [-0.25, -0.2) is 0 Å². The molecule has 1 fully saturated rings. The van der Waals surface area contributed by atoms with Crippen LogP contribution < -0.4 is 0 Å². The highest BCUT2D eigenvalue weighted by Crippen LogP contribution is 2.29. The minimum absolute atomic E-state index is 0.0943. The molecule has 0 aromatic carbocycles. The van der Waals surface area contributed by atoms with Crippen molar-refractivity contribution in [1.29, 1.82) is 0 Å². The molecule has 0 aromatic heterocycles. The largest absolute Gasteiger partial charge is 0.342 e. The first kappa shape index (κ1) is 11.2. The quantitative estimate of drug-likeness (QED) is 0.689. The first-order valence-corrected chi connectivity index (χ1v) is 5.18. The highest BCUT2D eigenvalue weighted by atomic mass is 16.2. The Morgan fingerprint density at radius 2 is 1.93 bits per heavy atom. The Kier molecular flexibility index (Phi) is 3.29. The van der Waals surface area contributed by atoms with Crippen molar-refractivity contribution in [1.82, 2.24) is 4.90 Å². The van der Waals surface area contributed by atoms with E-state index < -0.39 is 0 Å². The summed E-state index contributed by atoms with van der Waals surface area (Å²) in [6.45, 7) is 7.56. The molecule has 1 aliphatic rings. The van der Waals surface area contributed by atoms with E-state index >= 15 is 0 Å². The lowest BCUT2D eigenvalue weighted by Crippen LogP contribution is -2.30. The molecule has 0 aliphatic carbocycles. The van der Waals surface area contributed by atoms with E-state index in [-0.39, 0.29) is 17.1 Å². The van der Waals surface area contributed by atoms with E-state index in [2.05, 4.69) is 13.8 Å². The van der Waals surface area contributed by atoms with Gasteiger partial charge in [0.15, 0.2) is 0 Å². The number of rotatable bonds is 3. The van der Waals surface area contributed by atoms with Crippen molar-refractivity contribution in [3.05, 3.63) is 0 Å². The summed E-state index contributed by atoms with van der Waals surface area (Å²) in [5.74, 6) is 0.225. The van der Waals surface area contributed by atoms with Gasteiger partial charge in [0.05, 0.1) is 0 Å². The molecular formula is C11H19NO2. The van der Waals surface area contributed by atoms with Crippen LogP contribution in [0.15, 0.2) is 0 Å². The van der Waals surface area contributed by atoms with Gasteiger partial charge in [-0.1, -0.05) is 13.8 Å². The fourth-order valence-corrected chi connectivity index (χ4v) is 1.77. The molecular weight excluding hydrogens is 178 g/mol. The summed E-state index contributed by atoms with van der Waals surface area (Å²) >= 11 is 0. The molecule has 1 amide bonds. The third-order valence-electron chi connectivity index (χ3n) is 2.72. The molecule has 1 saturated heterocycles. The SMILES string of the molecule is CC(=O)CCC(=O)N1CCC(C)(C)C1. The van der Waals surface area contributed by atoms with Crippen molar-refractivity contribution < 1.29 is 9.59 Å². The number of likely N-dealkylation sites (tertiary alicyclic amines) is 1. The van der Waals surface area contributed by atoms with E-state index in [4.69, 9.17) is 0 Å². The van der Waals surface area contributed by atoms with Crippen molar-refractivity contribution in [2.75, 3.05) is 13.1 Å². The zero-order chi connectivity index (χ0) is 10.8. The minimum Gasteiger partial charge on any atom is -0.342 e. The van der Waals surface area contributed by atoms with Crippen molar-refractivity contribution in [3.63, 3.8) is 0 Å². The molecule has 0 spiro atoms. The lowest BCUT2D eigenvalue weighted by atomic mass is 9.93. The summed E-state index contributed by atoms with van der Waals surface area (Å²) in [6, 6.07) is 0. The molecule has 0 saturated carbocycles. The molecule has 0 radical (unpaired) electrons. The Hall–Kier alpha value is -0.860. The molecule has 0 unspecified atom stereocenters. The number of Topliss-reactive ketones (excluding diaryl/α,β-unsaturated/α-hetero) is 1. The van der Waals surface area contributed by atoms with E-state index in [1.807, 2.05) is 4.90 Å². The highest BCUT2D eigenvalue weighted by molar-refractivity contribution is 5.83. The van der Waals surface area contributed by atoms with Gasteiger partial charge >= 0.3 is 0 Å². The summed E-state index contributed by atoms with van der Waals surface area (Å²) in [5.41, 5.74) is 0.256. The molecule has 0 aromatic rings. The number of ketones is 1. The molecule has 0 N–H and O–H groups in total. The van der Waals surface area contributed by atoms with Crippen LogP contribution in [0.4, 0.5) is 0 Å². The third kappa shape index (κ3) is 3.13. The van der Waals surface area contributed by atoms with Gasteiger partial charge in [0, 0.05) is 25.9 Å². The monoisotopic (exact) mass is 197 g/mol.